The lowest BCUT2D eigenvalue weighted by Crippen LogP contribution is -2.27. The van der Waals surface area contributed by atoms with Crippen LogP contribution < -0.4 is 5.32 Å². The number of hydrogen-bond acceptors (Lipinski definition) is 4. The molecule has 0 amide bonds. The molecule has 0 aromatic rings. The molecule has 0 aliphatic rings. The molecule has 0 radical (unpaired) electrons. The van der Waals surface area contributed by atoms with Crippen molar-refractivity contribution in [2.45, 2.75) is 59.3 Å². The molecule has 0 unspecified atom stereocenters. The van der Waals surface area contributed by atoms with E-state index < -0.39 is 26.4 Å². The average molecular weight is 354 g/mol. The fraction of sp³-hybridized carbons (Fsp3) is 0.933. The maximum absolute atomic E-state index is 10.1. The fourth-order valence-electron chi connectivity index (χ4n) is 1.79. The summed E-state index contributed by atoms with van der Waals surface area (Å²) in [6.07, 6.45) is 7.49. The van der Waals surface area contributed by atoms with E-state index in [0.717, 1.165) is 0 Å². The highest BCUT2D eigenvalue weighted by Crippen LogP contribution is 2.31. The molecular weight excluding hydrogens is 319 g/mol. The zero-order valence-corrected chi connectivity index (χ0v) is 15.7. The van der Waals surface area contributed by atoms with Gasteiger partial charge in [-0.1, -0.05) is 40.0 Å². The van der Waals surface area contributed by atoms with Crippen LogP contribution in [0.3, 0.4) is 0 Å². The third-order valence-corrected chi connectivity index (χ3v) is 3.71. The second-order valence-corrected chi connectivity index (χ2v) is 7.19. The maximum atomic E-state index is 10.1. The summed E-state index contributed by atoms with van der Waals surface area (Å²) in [6, 6.07) is 0. The van der Waals surface area contributed by atoms with Gasteiger partial charge in [-0.2, -0.15) is 0 Å². The van der Waals surface area contributed by atoms with Crippen LogP contribution in [0, 0.1) is 0 Å². The van der Waals surface area contributed by atoms with Crippen LogP contribution in [-0.4, -0.2) is 58.2 Å². The van der Waals surface area contributed by atoms with E-state index in [-0.39, 0.29) is 0 Å². The van der Waals surface area contributed by atoms with Crippen LogP contribution in [0.4, 0.5) is 0 Å². The highest BCUT2D eigenvalue weighted by atomic mass is 31.2. The van der Waals surface area contributed by atoms with Crippen molar-refractivity contribution < 1.29 is 24.3 Å². The number of carbonyl (C=O) groups is 1. The molecule has 0 aromatic heterocycles. The molecule has 0 aliphatic heterocycles. The van der Waals surface area contributed by atoms with Crippen molar-refractivity contribution >= 4 is 13.6 Å². The number of aliphatic carboxylic acids is 1. The minimum atomic E-state index is -4.10. The van der Waals surface area contributed by atoms with Crippen molar-refractivity contribution in [2.24, 2.45) is 0 Å². The van der Waals surface area contributed by atoms with Gasteiger partial charge in [0.15, 0.2) is 0 Å². The van der Waals surface area contributed by atoms with Crippen molar-refractivity contribution in [1.29, 1.82) is 0 Å². The normalized spacial score (nSPS) is 11.2. The molecule has 0 bridgehead atoms. The van der Waals surface area contributed by atoms with Gasteiger partial charge in [0, 0.05) is 0 Å². The summed E-state index contributed by atoms with van der Waals surface area (Å²) in [5.41, 5.74) is 0. The first-order valence-electron chi connectivity index (χ1n) is 8.46. The molecule has 0 heterocycles. The van der Waals surface area contributed by atoms with Crippen LogP contribution in [-0.2, 0) is 9.36 Å². The Kier molecular flexibility index (Phi) is 17.7. The molecule has 23 heavy (non-hydrogen) atoms. The summed E-state index contributed by atoms with van der Waals surface area (Å²) < 4.78 is 10.1. The Hall–Kier alpha value is -0.460. The summed E-state index contributed by atoms with van der Waals surface area (Å²) in [6.45, 7) is 10.3. The summed E-state index contributed by atoms with van der Waals surface area (Å²) in [5.74, 6) is -1.14. The second-order valence-electron chi connectivity index (χ2n) is 5.55. The maximum Gasteiger partial charge on any atom is 0.339 e. The van der Waals surface area contributed by atoms with Gasteiger partial charge in [0.1, 0.15) is 0 Å². The number of carboxylic acids is 1. The van der Waals surface area contributed by atoms with Gasteiger partial charge in [-0.3, -0.25) is 14.7 Å². The van der Waals surface area contributed by atoms with Gasteiger partial charge in [0.25, 0.3) is 0 Å². The highest BCUT2D eigenvalue weighted by Gasteiger charge is 2.11. The minimum Gasteiger partial charge on any atom is -0.480 e. The van der Waals surface area contributed by atoms with Gasteiger partial charge in [0.05, 0.1) is 12.8 Å². The van der Waals surface area contributed by atoms with E-state index in [0.29, 0.717) is 0 Å². The lowest BCUT2D eigenvalue weighted by atomic mass is 10.2. The third-order valence-electron chi connectivity index (χ3n) is 3.08. The van der Waals surface area contributed by atoms with Gasteiger partial charge >= 0.3 is 13.6 Å². The predicted molar refractivity (Wildman–Crippen MR) is 93.7 cm³/mol. The van der Waals surface area contributed by atoms with Crippen LogP contribution in [0.5, 0.6) is 0 Å². The lowest BCUT2D eigenvalue weighted by molar-refractivity contribution is -0.135. The molecule has 4 N–H and O–H groups in total. The molecule has 0 spiro atoms. The zero-order chi connectivity index (χ0) is 18.1. The first kappa shape index (κ1) is 24.8. The van der Waals surface area contributed by atoms with Crippen molar-refractivity contribution in [2.75, 3.05) is 32.5 Å². The molecule has 0 rings (SSSR count). The minimum absolute atomic E-state index is 0.439. The van der Waals surface area contributed by atoms with Crippen LogP contribution in [0.15, 0.2) is 0 Å². The quantitative estimate of drug-likeness (QED) is 0.376. The molecule has 8 heteroatoms. The largest absolute Gasteiger partial charge is 0.480 e. The molecule has 0 saturated carbocycles. The molecule has 0 aromatic carbocycles. The Morgan fingerprint density at radius 2 is 1.35 bits per heavy atom. The summed E-state index contributed by atoms with van der Waals surface area (Å²) in [4.78, 5) is 28.8. The topological polar surface area (TPSA) is 110 Å². The van der Waals surface area contributed by atoms with Crippen LogP contribution in [0.25, 0.3) is 0 Å². The highest BCUT2D eigenvalue weighted by molar-refractivity contribution is 7.51. The van der Waals surface area contributed by atoms with Crippen molar-refractivity contribution in [3.8, 4) is 0 Å². The number of unbranched alkanes of at least 4 members (excludes halogenated alkanes) is 3. The molecular formula is C15H35N2O5P. The van der Waals surface area contributed by atoms with E-state index in [1.54, 1.807) is 0 Å². The number of nitrogens with zero attached hydrogens (tertiary/aromatic N) is 1. The van der Waals surface area contributed by atoms with Crippen molar-refractivity contribution in [1.82, 2.24) is 10.2 Å². The number of nitrogens with one attached hydrogen (secondary N) is 1. The van der Waals surface area contributed by atoms with E-state index in [2.05, 4.69) is 31.0 Å². The first-order chi connectivity index (χ1) is 10.8. The number of rotatable bonds is 13. The monoisotopic (exact) mass is 354 g/mol. The summed E-state index contributed by atoms with van der Waals surface area (Å²) in [5, 5.41) is 10.1. The van der Waals surface area contributed by atoms with Crippen LogP contribution in [0.2, 0.25) is 0 Å². The SMILES string of the molecule is CCCCN(CCCC)CCCC.O=C(O)CNCP(=O)(O)O. The molecule has 0 fully saturated rings. The molecule has 0 aliphatic carbocycles. The summed E-state index contributed by atoms with van der Waals surface area (Å²) in [7, 11) is -4.10. The number of carboxylic acid groups (broad SMARTS) is 1. The molecule has 140 valence electrons. The van der Waals surface area contributed by atoms with Gasteiger partial charge in [-0.25, -0.2) is 0 Å². The van der Waals surface area contributed by atoms with Crippen LogP contribution >= 0.6 is 7.60 Å². The Morgan fingerprint density at radius 3 is 1.61 bits per heavy atom. The van der Waals surface area contributed by atoms with E-state index in [1.807, 2.05) is 0 Å². The Morgan fingerprint density at radius 1 is 0.957 bits per heavy atom. The molecule has 7 nitrogen and oxygen atoms in total. The van der Waals surface area contributed by atoms with Crippen molar-refractivity contribution in [3.63, 3.8) is 0 Å². The molecule has 0 saturated heterocycles. The lowest BCUT2D eigenvalue weighted by Gasteiger charge is -2.21. The third kappa shape index (κ3) is 23.9. The van der Waals surface area contributed by atoms with E-state index in [9.17, 15) is 9.36 Å². The van der Waals surface area contributed by atoms with Gasteiger partial charge in [-0.05, 0) is 38.9 Å². The van der Waals surface area contributed by atoms with E-state index >= 15 is 0 Å². The Bertz CT molecular complexity index is 304. The Balaban J connectivity index is 0. The van der Waals surface area contributed by atoms with Gasteiger partial charge in [0.2, 0.25) is 0 Å². The first-order valence-corrected chi connectivity index (χ1v) is 10.3. The zero-order valence-electron chi connectivity index (χ0n) is 14.8. The van der Waals surface area contributed by atoms with E-state index in [4.69, 9.17) is 14.9 Å². The molecule has 0 atom stereocenters. The van der Waals surface area contributed by atoms with Gasteiger partial charge in [-0.15, -0.1) is 0 Å². The summed E-state index contributed by atoms with van der Waals surface area (Å²) >= 11 is 0. The second kappa shape index (κ2) is 16.4. The van der Waals surface area contributed by atoms with Gasteiger partial charge < -0.3 is 19.8 Å². The predicted octanol–water partition coefficient (Wildman–Crippen LogP) is 2.48. The Labute approximate surface area is 140 Å². The fourth-order valence-corrected chi connectivity index (χ4v) is 2.19. The average Bonchev–Trinajstić information content (AvgIpc) is 2.45. The smallest absolute Gasteiger partial charge is 0.339 e. The van der Waals surface area contributed by atoms with Crippen molar-refractivity contribution in [3.05, 3.63) is 0 Å². The van der Waals surface area contributed by atoms with E-state index in [1.165, 1.54) is 58.2 Å². The standard InChI is InChI=1S/C12H27N.C3H8NO5P/c1-4-7-10-13(11-8-5-2)12-9-6-3;5-3(6)1-4-2-10(7,8)9/h4-12H2,1-3H3;4H,1-2H2,(H,5,6)(H2,7,8,9). The number of hydrogen-bond donors (Lipinski definition) is 4. The van der Waals surface area contributed by atoms with Crippen LogP contribution in [0.1, 0.15) is 59.3 Å².